The molecule has 2 heterocycles. The zero-order valence-electron chi connectivity index (χ0n) is 18.4. The number of anilines is 1. The van der Waals surface area contributed by atoms with Crippen LogP contribution < -0.4 is 11.1 Å². The minimum atomic E-state index is -0.556. The number of aryl methyl sites for hydroxylation is 1. The lowest BCUT2D eigenvalue weighted by molar-refractivity contribution is 0.335. The number of aromatic nitrogens is 5. The van der Waals surface area contributed by atoms with E-state index in [9.17, 15) is 4.39 Å². The molecular formula is C24H25FN8. The molecule has 5 rings (SSSR count). The van der Waals surface area contributed by atoms with Gasteiger partial charge in [0.15, 0.2) is 0 Å². The Morgan fingerprint density at radius 3 is 2.88 bits per heavy atom. The van der Waals surface area contributed by atoms with Gasteiger partial charge in [-0.1, -0.05) is 17.7 Å². The first-order valence-electron chi connectivity index (χ1n) is 11.1. The van der Waals surface area contributed by atoms with Gasteiger partial charge in [-0.15, -0.1) is 10.2 Å². The van der Waals surface area contributed by atoms with Gasteiger partial charge < -0.3 is 11.1 Å². The Morgan fingerprint density at radius 2 is 2.09 bits per heavy atom. The summed E-state index contributed by atoms with van der Waals surface area (Å²) in [4.78, 5) is 0. The highest BCUT2D eigenvalue weighted by atomic mass is 19.1. The summed E-state index contributed by atoms with van der Waals surface area (Å²) in [7, 11) is 1.83. The van der Waals surface area contributed by atoms with Crippen LogP contribution in [-0.4, -0.2) is 37.4 Å². The van der Waals surface area contributed by atoms with Crippen LogP contribution in [0.3, 0.4) is 0 Å². The summed E-state index contributed by atoms with van der Waals surface area (Å²) >= 11 is 0. The minimum absolute atomic E-state index is 0.0131. The Bertz CT molecular complexity index is 1350. The van der Waals surface area contributed by atoms with E-state index in [0.717, 1.165) is 54.6 Å². The molecule has 9 heteroatoms. The smallest absolute Gasteiger partial charge is 0.149 e. The first-order chi connectivity index (χ1) is 16.0. The number of halogens is 1. The van der Waals surface area contributed by atoms with Gasteiger partial charge in [0.25, 0.3) is 0 Å². The SMILES string of the molecule is Cn1nnc2ccc(-n3nc(NC[C@H]4CCC[C@H](N)C4)cc3-c3ccc(C#N)c(F)c3)cc21. The average molecular weight is 445 g/mol. The molecule has 0 bridgehead atoms. The van der Waals surface area contributed by atoms with Crippen molar-refractivity contribution >= 4 is 16.9 Å². The second-order valence-corrected chi connectivity index (χ2v) is 8.69. The molecule has 1 aliphatic carbocycles. The van der Waals surface area contributed by atoms with Crippen molar-refractivity contribution in [3.8, 4) is 23.0 Å². The van der Waals surface area contributed by atoms with Crippen molar-refractivity contribution in [1.82, 2.24) is 24.8 Å². The summed E-state index contributed by atoms with van der Waals surface area (Å²) in [6.45, 7) is 0.788. The van der Waals surface area contributed by atoms with Crippen LogP contribution in [-0.2, 0) is 7.05 Å². The normalized spacial score (nSPS) is 18.4. The zero-order chi connectivity index (χ0) is 22.9. The van der Waals surface area contributed by atoms with E-state index in [1.807, 2.05) is 37.4 Å². The molecule has 33 heavy (non-hydrogen) atoms. The molecule has 0 spiro atoms. The molecule has 3 N–H and O–H groups in total. The van der Waals surface area contributed by atoms with Crippen molar-refractivity contribution in [2.75, 3.05) is 11.9 Å². The molecular weight excluding hydrogens is 419 g/mol. The van der Waals surface area contributed by atoms with Crippen LogP contribution in [0.1, 0.15) is 31.2 Å². The van der Waals surface area contributed by atoms with E-state index >= 15 is 0 Å². The van der Waals surface area contributed by atoms with E-state index in [4.69, 9.17) is 16.1 Å². The van der Waals surface area contributed by atoms with E-state index in [2.05, 4.69) is 15.6 Å². The van der Waals surface area contributed by atoms with Crippen molar-refractivity contribution < 1.29 is 4.39 Å². The lowest BCUT2D eigenvalue weighted by Crippen LogP contribution is -2.31. The van der Waals surface area contributed by atoms with Crippen LogP contribution in [0.2, 0.25) is 0 Å². The quantitative estimate of drug-likeness (QED) is 0.485. The Hall–Kier alpha value is -3.77. The van der Waals surface area contributed by atoms with Gasteiger partial charge in [-0.2, -0.15) is 5.26 Å². The molecule has 2 aromatic heterocycles. The van der Waals surface area contributed by atoms with Crippen LogP contribution in [0.25, 0.3) is 28.0 Å². The fourth-order valence-corrected chi connectivity index (χ4v) is 4.55. The predicted octanol–water partition coefficient (Wildman–Crippen LogP) is 3.76. The molecule has 2 atom stereocenters. The first kappa shape index (κ1) is 21.1. The topological polar surface area (TPSA) is 110 Å². The van der Waals surface area contributed by atoms with Crippen molar-refractivity contribution in [2.24, 2.45) is 18.7 Å². The number of nitrogens with zero attached hydrogens (tertiary/aromatic N) is 6. The maximum Gasteiger partial charge on any atom is 0.149 e. The van der Waals surface area contributed by atoms with E-state index in [0.29, 0.717) is 17.3 Å². The van der Waals surface area contributed by atoms with Crippen LogP contribution in [0.4, 0.5) is 10.2 Å². The van der Waals surface area contributed by atoms with E-state index in [1.54, 1.807) is 15.4 Å². The number of rotatable bonds is 5. The number of benzene rings is 2. The molecule has 1 fully saturated rings. The van der Waals surface area contributed by atoms with Gasteiger partial charge in [0.05, 0.1) is 22.5 Å². The molecule has 2 aromatic carbocycles. The third-order valence-electron chi connectivity index (χ3n) is 6.33. The maximum absolute atomic E-state index is 14.4. The van der Waals surface area contributed by atoms with E-state index in [-0.39, 0.29) is 11.6 Å². The molecule has 0 unspecified atom stereocenters. The molecule has 0 aliphatic heterocycles. The van der Waals surface area contributed by atoms with Gasteiger partial charge in [0, 0.05) is 31.3 Å². The summed E-state index contributed by atoms with van der Waals surface area (Å²) in [5.74, 6) is 0.656. The highest BCUT2D eigenvalue weighted by Crippen LogP contribution is 2.29. The molecule has 4 aromatic rings. The van der Waals surface area contributed by atoms with Crippen LogP contribution in [0.15, 0.2) is 42.5 Å². The van der Waals surface area contributed by atoms with Crippen molar-refractivity contribution in [2.45, 2.75) is 31.7 Å². The number of hydrogen-bond donors (Lipinski definition) is 2. The standard InChI is InChI=1S/C24H25FN8/c1-32-23-11-19(7-8-21(23)29-31-32)33-22(16-5-6-17(13-26)20(25)10-16)12-24(30-33)28-14-15-3-2-4-18(27)9-15/h5-8,10-12,15,18H,2-4,9,14,27H2,1H3,(H,28,30)/t15-,18-/m0/s1. The summed E-state index contributed by atoms with van der Waals surface area (Å²) < 4.78 is 17.9. The number of hydrogen-bond acceptors (Lipinski definition) is 6. The average Bonchev–Trinajstić information content (AvgIpc) is 3.41. The Kier molecular flexibility index (Phi) is 5.52. The molecule has 0 saturated heterocycles. The van der Waals surface area contributed by atoms with Gasteiger partial charge in [-0.25, -0.2) is 13.8 Å². The maximum atomic E-state index is 14.4. The second kappa shape index (κ2) is 8.64. The predicted molar refractivity (Wildman–Crippen MR) is 124 cm³/mol. The highest BCUT2D eigenvalue weighted by molar-refractivity contribution is 5.78. The largest absolute Gasteiger partial charge is 0.368 e. The molecule has 168 valence electrons. The van der Waals surface area contributed by atoms with Crippen molar-refractivity contribution in [3.63, 3.8) is 0 Å². The lowest BCUT2D eigenvalue weighted by atomic mass is 9.86. The number of nitrogens with two attached hydrogens (primary N) is 1. The molecule has 8 nitrogen and oxygen atoms in total. The number of fused-ring (bicyclic) bond motifs is 1. The van der Waals surface area contributed by atoms with E-state index in [1.165, 1.54) is 12.1 Å². The summed E-state index contributed by atoms with van der Waals surface area (Å²) in [5.41, 5.74) is 9.96. The summed E-state index contributed by atoms with van der Waals surface area (Å²) in [5, 5.41) is 25.5. The lowest BCUT2D eigenvalue weighted by Gasteiger charge is -2.26. The Morgan fingerprint density at radius 1 is 1.21 bits per heavy atom. The molecule has 0 radical (unpaired) electrons. The first-order valence-corrected chi connectivity index (χ1v) is 11.1. The van der Waals surface area contributed by atoms with Crippen LogP contribution in [0.5, 0.6) is 0 Å². The van der Waals surface area contributed by atoms with Crippen molar-refractivity contribution in [1.29, 1.82) is 5.26 Å². The van der Waals surface area contributed by atoms with E-state index < -0.39 is 5.82 Å². The van der Waals surface area contributed by atoms with Gasteiger partial charge in [0.2, 0.25) is 0 Å². The summed E-state index contributed by atoms with van der Waals surface area (Å²) in [6.07, 6.45) is 4.40. The van der Waals surface area contributed by atoms with Gasteiger partial charge in [-0.3, -0.25) is 0 Å². The monoisotopic (exact) mass is 444 g/mol. The second-order valence-electron chi connectivity index (χ2n) is 8.69. The van der Waals surface area contributed by atoms with Crippen LogP contribution in [0, 0.1) is 23.1 Å². The fraction of sp³-hybridized carbons (Fsp3) is 0.333. The number of nitrogens with one attached hydrogen (secondary N) is 1. The van der Waals surface area contributed by atoms with Gasteiger partial charge >= 0.3 is 0 Å². The Balaban J connectivity index is 1.53. The van der Waals surface area contributed by atoms with Crippen LogP contribution >= 0.6 is 0 Å². The molecule has 0 amide bonds. The zero-order valence-corrected chi connectivity index (χ0v) is 18.4. The third-order valence-corrected chi connectivity index (χ3v) is 6.33. The third kappa shape index (κ3) is 4.17. The summed E-state index contributed by atoms with van der Waals surface area (Å²) in [6, 6.07) is 14.4. The minimum Gasteiger partial charge on any atom is -0.368 e. The highest BCUT2D eigenvalue weighted by Gasteiger charge is 2.20. The molecule has 1 saturated carbocycles. The van der Waals surface area contributed by atoms with Gasteiger partial charge in [0.1, 0.15) is 23.2 Å². The Labute approximate surface area is 190 Å². The molecule has 1 aliphatic rings. The number of nitriles is 1. The fourth-order valence-electron chi connectivity index (χ4n) is 4.55. The van der Waals surface area contributed by atoms with Gasteiger partial charge in [-0.05, 0) is 55.5 Å². The van der Waals surface area contributed by atoms with Crippen molar-refractivity contribution in [3.05, 3.63) is 53.8 Å².